The predicted octanol–water partition coefficient (Wildman–Crippen LogP) is 10.0. The van der Waals surface area contributed by atoms with Crippen molar-refractivity contribution in [3.8, 4) is 11.1 Å². The highest BCUT2D eigenvalue weighted by Crippen LogP contribution is 2.41. The molecule has 0 aliphatic rings. The van der Waals surface area contributed by atoms with Crippen molar-refractivity contribution in [1.29, 1.82) is 0 Å². The van der Waals surface area contributed by atoms with Crippen LogP contribution in [0.25, 0.3) is 11.1 Å². The second-order valence-corrected chi connectivity index (χ2v) is 9.74. The number of Topliss-reactive ketones (excluding diaryl/α,β-unsaturated/α-hetero) is 1. The summed E-state index contributed by atoms with van der Waals surface area (Å²) < 4.78 is 135. The molecule has 0 aliphatic carbocycles. The summed E-state index contributed by atoms with van der Waals surface area (Å²) in [4.78, 5) is 12.5. The molecule has 0 saturated heterocycles. The number of halogens is 10. The minimum absolute atomic E-state index is 0.0439. The van der Waals surface area contributed by atoms with Crippen molar-refractivity contribution in [2.75, 3.05) is 5.32 Å². The van der Waals surface area contributed by atoms with Gasteiger partial charge >= 0.3 is 18.5 Å². The van der Waals surface area contributed by atoms with Crippen LogP contribution < -0.4 is 5.32 Å². The first-order valence-corrected chi connectivity index (χ1v) is 11.8. The Morgan fingerprint density at radius 2 is 1.30 bits per heavy atom. The molecule has 3 aromatic rings. The van der Waals surface area contributed by atoms with Gasteiger partial charge in [-0.15, -0.1) is 0 Å². The minimum Gasteiger partial charge on any atom is -0.355 e. The average Bonchev–Trinajstić information content (AvgIpc) is 2.81. The first kappa shape index (κ1) is 31.0. The Bertz CT molecular complexity index is 1360. The molecule has 1 N–H and O–H groups in total. The summed E-state index contributed by atoms with van der Waals surface area (Å²) >= 11 is 0. The molecule has 216 valence electrons. The van der Waals surface area contributed by atoms with Gasteiger partial charge < -0.3 is 5.32 Å². The van der Waals surface area contributed by atoms with Gasteiger partial charge in [0.05, 0.1) is 22.4 Å². The Kier molecular flexibility index (Phi) is 8.62. The maximum Gasteiger partial charge on any atom is 0.418 e. The third-order valence-electron chi connectivity index (χ3n) is 6.04. The van der Waals surface area contributed by atoms with Gasteiger partial charge in [0.25, 0.3) is 0 Å². The first-order chi connectivity index (χ1) is 18.3. The number of carbonyl (C=O) groups is 1. The third-order valence-corrected chi connectivity index (χ3v) is 6.04. The van der Waals surface area contributed by atoms with Gasteiger partial charge in [0.2, 0.25) is 0 Å². The summed E-state index contributed by atoms with van der Waals surface area (Å²) in [5.74, 6) is -2.46. The summed E-state index contributed by atoms with van der Waals surface area (Å²) in [6.45, 7) is 4.82. The van der Waals surface area contributed by atoms with E-state index in [9.17, 15) is 48.7 Å². The molecule has 0 aromatic heterocycles. The third kappa shape index (κ3) is 7.54. The van der Waals surface area contributed by atoms with Gasteiger partial charge in [-0.05, 0) is 84.5 Å². The Morgan fingerprint density at radius 1 is 0.750 bits per heavy atom. The number of hydrogen-bond acceptors (Lipinski definition) is 2. The van der Waals surface area contributed by atoms with E-state index >= 15 is 0 Å². The maximum absolute atomic E-state index is 13.6. The molecular weight excluding hydrogens is 556 g/mol. The van der Waals surface area contributed by atoms with Gasteiger partial charge in [-0.25, -0.2) is 4.39 Å². The zero-order valence-electron chi connectivity index (χ0n) is 21.2. The molecule has 3 aromatic carbocycles. The van der Waals surface area contributed by atoms with E-state index in [4.69, 9.17) is 0 Å². The lowest BCUT2D eigenvalue weighted by atomic mass is 9.85. The topological polar surface area (TPSA) is 29.1 Å². The monoisotopic (exact) mass is 579 g/mol. The number of rotatable bonds is 7. The van der Waals surface area contributed by atoms with Crippen LogP contribution in [0.5, 0.6) is 0 Å². The van der Waals surface area contributed by atoms with Crippen molar-refractivity contribution < 1.29 is 48.7 Å². The van der Waals surface area contributed by atoms with E-state index in [1.165, 1.54) is 19.1 Å². The van der Waals surface area contributed by atoms with Crippen molar-refractivity contribution >= 4 is 17.2 Å². The molecule has 0 spiro atoms. The number of nitrogens with one attached hydrogen (secondary N) is 1. The van der Waals surface area contributed by atoms with Gasteiger partial charge in [-0.2, -0.15) is 39.5 Å². The van der Waals surface area contributed by atoms with Crippen LogP contribution >= 0.6 is 0 Å². The Balaban J connectivity index is 2.30. The van der Waals surface area contributed by atoms with Crippen molar-refractivity contribution in [2.45, 2.75) is 51.6 Å². The van der Waals surface area contributed by atoms with Crippen LogP contribution in [-0.2, 0) is 23.3 Å². The van der Waals surface area contributed by atoms with Gasteiger partial charge in [0.15, 0.2) is 0 Å². The van der Waals surface area contributed by atoms with E-state index < -0.39 is 58.2 Å². The lowest BCUT2D eigenvalue weighted by Gasteiger charge is -2.21. The molecule has 3 rings (SSSR count). The normalized spacial score (nSPS) is 13.4. The van der Waals surface area contributed by atoms with E-state index in [2.05, 4.69) is 5.32 Å². The van der Waals surface area contributed by atoms with Crippen molar-refractivity contribution in [2.24, 2.45) is 5.92 Å². The molecule has 0 bridgehead atoms. The number of ketones is 1. The highest BCUT2D eigenvalue weighted by Gasteiger charge is 2.37. The highest BCUT2D eigenvalue weighted by atomic mass is 19.4. The van der Waals surface area contributed by atoms with Crippen LogP contribution in [0.3, 0.4) is 0 Å². The summed E-state index contributed by atoms with van der Waals surface area (Å²) in [6, 6.07) is 6.32. The zero-order valence-corrected chi connectivity index (χ0v) is 21.2. The molecule has 0 aliphatic heterocycles. The number of hydrogen-bond donors (Lipinski definition) is 1. The van der Waals surface area contributed by atoms with Crippen LogP contribution in [0.2, 0.25) is 0 Å². The second kappa shape index (κ2) is 11.1. The Labute approximate surface area is 223 Å². The van der Waals surface area contributed by atoms with Crippen molar-refractivity contribution in [3.63, 3.8) is 0 Å². The number of alkyl halides is 9. The fourth-order valence-electron chi connectivity index (χ4n) is 4.24. The van der Waals surface area contributed by atoms with Gasteiger partial charge in [-0.1, -0.05) is 19.9 Å². The average molecular weight is 579 g/mol. The van der Waals surface area contributed by atoms with Crippen LogP contribution in [0.4, 0.5) is 55.3 Å². The lowest BCUT2D eigenvalue weighted by Crippen LogP contribution is -2.13. The SMILES string of the molecule is CC(=O)C(CC(C)C)c1cc(Nc2ccc(F)cc2C(F)(F)F)cc(-c2cc(C(F)(F)F)cc(C(F)(F)F)c2)c1. The molecule has 0 saturated carbocycles. The molecular formula is C28H23F10NO. The van der Waals surface area contributed by atoms with Crippen molar-refractivity contribution in [1.82, 2.24) is 0 Å². The van der Waals surface area contributed by atoms with E-state index in [1.807, 2.05) is 0 Å². The van der Waals surface area contributed by atoms with Crippen LogP contribution in [0, 0.1) is 11.7 Å². The van der Waals surface area contributed by atoms with Crippen molar-refractivity contribution in [3.05, 3.63) is 82.7 Å². The van der Waals surface area contributed by atoms with E-state index in [1.54, 1.807) is 13.8 Å². The number of anilines is 2. The van der Waals surface area contributed by atoms with Crippen LogP contribution in [0.15, 0.2) is 54.6 Å². The van der Waals surface area contributed by atoms with Crippen LogP contribution in [0.1, 0.15) is 55.4 Å². The fraction of sp³-hybridized carbons (Fsp3) is 0.321. The van der Waals surface area contributed by atoms with E-state index in [-0.39, 0.29) is 47.1 Å². The molecule has 1 unspecified atom stereocenters. The highest BCUT2D eigenvalue weighted by molar-refractivity contribution is 5.85. The molecule has 0 fully saturated rings. The van der Waals surface area contributed by atoms with E-state index in [0.717, 1.165) is 18.2 Å². The smallest absolute Gasteiger partial charge is 0.355 e. The Morgan fingerprint density at radius 3 is 1.77 bits per heavy atom. The molecule has 40 heavy (non-hydrogen) atoms. The molecule has 12 heteroatoms. The van der Waals surface area contributed by atoms with E-state index in [0.29, 0.717) is 12.1 Å². The van der Waals surface area contributed by atoms with Crippen LogP contribution in [-0.4, -0.2) is 5.78 Å². The molecule has 1 atom stereocenters. The summed E-state index contributed by atoms with van der Waals surface area (Å²) in [5.41, 5.74) is -5.88. The number of carbonyl (C=O) groups excluding carboxylic acids is 1. The zero-order chi connectivity index (χ0) is 30.2. The molecule has 0 amide bonds. The maximum atomic E-state index is 13.6. The lowest BCUT2D eigenvalue weighted by molar-refractivity contribution is -0.143. The summed E-state index contributed by atoms with van der Waals surface area (Å²) in [6.07, 6.45) is -15.0. The van der Waals surface area contributed by atoms with Gasteiger partial charge in [0.1, 0.15) is 11.6 Å². The quantitative estimate of drug-likeness (QED) is 0.282. The summed E-state index contributed by atoms with van der Waals surface area (Å²) in [5, 5.41) is 2.45. The summed E-state index contributed by atoms with van der Waals surface area (Å²) in [7, 11) is 0. The molecule has 2 nitrogen and oxygen atoms in total. The Hall–Kier alpha value is -3.57. The standard InChI is InChI=1S/C28H23F10NO/c1-14(2)6-23(15(3)40)18-7-16(17-8-19(26(30,31)32)12-20(9-17)27(33,34)35)10-22(11-18)39-25-5-4-21(29)13-24(25)28(36,37)38/h4-5,7-14,23,39H,6H2,1-3H3. The van der Waals surface area contributed by atoms with Gasteiger partial charge in [0, 0.05) is 11.6 Å². The molecule has 0 radical (unpaired) electrons. The number of benzene rings is 3. The first-order valence-electron chi connectivity index (χ1n) is 11.8. The second-order valence-electron chi connectivity index (χ2n) is 9.74. The molecule has 0 heterocycles. The predicted molar refractivity (Wildman–Crippen MR) is 129 cm³/mol. The largest absolute Gasteiger partial charge is 0.418 e. The van der Waals surface area contributed by atoms with Gasteiger partial charge in [-0.3, -0.25) is 4.79 Å². The minimum atomic E-state index is -5.13. The fourth-order valence-corrected chi connectivity index (χ4v) is 4.24.